The molecule has 4 rings (SSSR count). The molecule has 0 aliphatic rings. The summed E-state index contributed by atoms with van der Waals surface area (Å²) in [5, 5.41) is 18.0. The molecule has 0 spiro atoms. The minimum absolute atomic E-state index is 0.319. The SMILES string of the molecule is Cc1ccc(CCn2nc(C)c3cc(O)c4ccccc4c32)cc1. The molecule has 0 unspecified atom stereocenters. The van der Waals surface area contributed by atoms with Crippen molar-refractivity contribution >= 4 is 21.7 Å². The summed E-state index contributed by atoms with van der Waals surface area (Å²) in [6.45, 7) is 4.92. The van der Waals surface area contributed by atoms with Gasteiger partial charge in [-0.05, 0) is 31.9 Å². The number of benzene rings is 3. The molecule has 3 aromatic carbocycles. The predicted molar refractivity (Wildman–Crippen MR) is 98.5 cm³/mol. The molecular weight excluding hydrogens is 296 g/mol. The molecule has 0 atom stereocenters. The molecule has 1 heterocycles. The van der Waals surface area contributed by atoms with Gasteiger partial charge in [0, 0.05) is 22.7 Å². The second-order valence-corrected chi connectivity index (χ2v) is 6.38. The highest BCUT2D eigenvalue weighted by atomic mass is 16.3. The van der Waals surface area contributed by atoms with Crippen LogP contribution in [0.25, 0.3) is 21.7 Å². The van der Waals surface area contributed by atoms with E-state index in [9.17, 15) is 5.11 Å². The third-order valence-electron chi connectivity index (χ3n) is 4.65. The summed E-state index contributed by atoms with van der Waals surface area (Å²) in [7, 11) is 0. The maximum Gasteiger partial charge on any atom is 0.124 e. The standard InChI is InChI=1S/C21H20N2O/c1-14-7-9-16(10-8-14)11-12-23-21-18-6-4-3-5-17(18)20(24)13-19(21)15(2)22-23/h3-10,13,24H,11-12H2,1-2H3. The van der Waals surface area contributed by atoms with Gasteiger partial charge in [0.25, 0.3) is 0 Å². The lowest BCUT2D eigenvalue weighted by atomic mass is 10.0. The molecule has 0 amide bonds. The Kier molecular flexibility index (Phi) is 3.49. The van der Waals surface area contributed by atoms with Crippen LogP contribution < -0.4 is 0 Å². The van der Waals surface area contributed by atoms with Crippen LogP contribution >= 0.6 is 0 Å². The minimum atomic E-state index is 0.319. The number of aromatic nitrogens is 2. The lowest BCUT2D eigenvalue weighted by molar-refractivity contribution is 0.482. The number of hydrogen-bond donors (Lipinski definition) is 1. The molecule has 0 fully saturated rings. The van der Waals surface area contributed by atoms with E-state index in [2.05, 4.69) is 41.9 Å². The zero-order valence-corrected chi connectivity index (χ0v) is 14.0. The Morgan fingerprint density at radius 3 is 2.38 bits per heavy atom. The first kappa shape index (κ1) is 14.8. The molecule has 0 aliphatic heterocycles. The highest BCUT2D eigenvalue weighted by Crippen LogP contribution is 2.34. The predicted octanol–water partition coefficient (Wildman–Crippen LogP) is 4.75. The fraction of sp³-hybridized carbons (Fsp3) is 0.190. The van der Waals surface area contributed by atoms with E-state index in [1.54, 1.807) is 0 Å². The van der Waals surface area contributed by atoms with Crippen LogP contribution in [0, 0.1) is 13.8 Å². The summed E-state index contributed by atoms with van der Waals surface area (Å²) in [5.74, 6) is 0.319. The zero-order chi connectivity index (χ0) is 16.7. The first-order valence-corrected chi connectivity index (χ1v) is 8.27. The normalized spacial score (nSPS) is 11.4. The van der Waals surface area contributed by atoms with Crippen LogP contribution in [0.1, 0.15) is 16.8 Å². The fourth-order valence-corrected chi connectivity index (χ4v) is 3.33. The number of fused-ring (bicyclic) bond motifs is 3. The van der Waals surface area contributed by atoms with Gasteiger partial charge in [-0.25, -0.2) is 0 Å². The van der Waals surface area contributed by atoms with Gasteiger partial charge in [-0.1, -0.05) is 54.1 Å². The van der Waals surface area contributed by atoms with Gasteiger partial charge in [-0.2, -0.15) is 5.10 Å². The maximum absolute atomic E-state index is 10.3. The maximum atomic E-state index is 10.3. The van der Waals surface area contributed by atoms with E-state index < -0.39 is 0 Å². The van der Waals surface area contributed by atoms with Gasteiger partial charge in [0.2, 0.25) is 0 Å². The number of aryl methyl sites for hydroxylation is 4. The summed E-state index contributed by atoms with van der Waals surface area (Å²) in [6, 6.07) is 18.5. The van der Waals surface area contributed by atoms with Gasteiger partial charge in [0.15, 0.2) is 0 Å². The molecule has 24 heavy (non-hydrogen) atoms. The highest BCUT2D eigenvalue weighted by molar-refractivity contribution is 6.09. The zero-order valence-electron chi connectivity index (χ0n) is 14.0. The fourth-order valence-electron chi connectivity index (χ4n) is 3.33. The average Bonchev–Trinajstić information content (AvgIpc) is 2.91. The van der Waals surface area contributed by atoms with Crippen molar-refractivity contribution in [1.29, 1.82) is 0 Å². The smallest absolute Gasteiger partial charge is 0.124 e. The Labute approximate surface area is 141 Å². The Balaban J connectivity index is 1.80. The van der Waals surface area contributed by atoms with Crippen molar-refractivity contribution in [1.82, 2.24) is 9.78 Å². The molecule has 3 nitrogen and oxygen atoms in total. The number of aromatic hydroxyl groups is 1. The molecule has 4 aromatic rings. The van der Waals surface area contributed by atoms with Gasteiger partial charge in [-0.15, -0.1) is 0 Å². The van der Waals surface area contributed by atoms with E-state index in [1.165, 1.54) is 11.1 Å². The molecule has 120 valence electrons. The summed E-state index contributed by atoms with van der Waals surface area (Å²) in [6.07, 6.45) is 0.936. The number of rotatable bonds is 3. The summed E-state index contributed by atoms with van der Waals surface area (Å²) in [5.41, 5.74) is 4.65. The van der Waals surface area contributed by atoms with E-state index in [4.69, 9.17) is 5.10 Å². The Bertz CT molecular complexity index is 1030. The van der Waals surface area contributed by atoms with E-state index in [0.29, 0.717) is 5.75 Å². The summed E-state index contributed by atoms with van der Waals surface area (Å²) < 4.78 is 2.08. The van der Waals surface area contributed by atoms with E-state index in [-0.39, 0.29) is 0 Å². The van der Waals surface area contributed by atoms with Crippen molar-refractivity contribution in [3.05, 3.63) is 71.4 Å². The lowest BCUT2D eigenvalue weighted by Crippen LogP contribution is -2.03. The molecule has 0 radical (unpaired) electrons. The van der Waals surface area contributed by atoms with Gasteiger partial charge < -0.3 is 5.11 Å². The topological polar surface area (TPSA) is 38.0 Å². The molecule has 0 bridgehead atoms. The Morgan fingerprint density at radius 1 is 0.917 bits per heavy atom. The average molecular weight is 316 g/mol. The van der Waals surface area contributed by atoms with Crippen LogP contribution in [-0.4, -0.2) is 14.9 Å². The van der Waals surface area contributed by atoms with Crippen LogP contribution in [0.4, 0.5) is 0 Å². The number of nitrogens with zero attached hydrogens (tertiary/aromatic N) is 2. The third-order valence-corrected chi connectivity index (χ3v) is 4.65. The molecular formula is C21H20N2O. The molecule has 1 N–H and O–H groups in total. The van der Waals surface area contributed by atoms with Crippen molar-refractivity contribution in [2.45, 2.75) is 26.8 Å². The van der Waals surface area contributed by atoms with E-state index in [1.807, 2.05) is 31.2 Å². The van der Waals surface area contributed by atoms with Gasteiger partial charge in [-0.3, -0.25) is 4.68 Å². The van der Waals surface area contributed by atoms with Crippen molar-refractivity contribution in [3.8, 4) is 5.75 Å². The van der Waals surface area contributed by atoms with E-state index >= 15 is 0 Å². The molecule has 3 heteroatoms. The van der Waals surface area contributed by atoms with Crippen molar-refractivity contribution in [3.63, 3.8) is 0 Å². The molecule has 0 aliphatic carbocycles. The van der Waals surface area contributed by atoms with Crippen LogP contribution in [0.2, 0.25) is 0 Å². The van der Waals surface area contributed by atoms with Crippen LogP contribution in [-0.2, 0) is 13.0 Å². The first-order chi connectivity index (χ1) is 11.6. The highest BCUT2D eigenvalue weighted by Gasteiger charge is 2.13. The quantitative estimate of drug-likeness (QED) is 0.592. The number of hydrogen-bond acceptors (Lipinski definition) is 2. The number of phenols is 1. The first-order valence-electron chi connectivity index (χ1n) is 8.27. The van der Waals surface area contributed by atoms with E-state index in [0.717, 1.165) is 40.3 Å². The minimum Gasteiger partial charge on any atom is -0.507 e. The van der Waals surface area contributed by atoms with Crippen LogP contribution in [0.5, 0.6) is 5.75 Å². The van der Waals surface area contributed by atoms with Crippen molar-refractivity contribution < 1.29 is 5.11 Å². The van der Waals surface area contributed by atoms with Crippen LogP contribution in [0.15, 0.2) is 54.6 Å². The van der Waals surface area contributed by atoms with Gasteiger partial charge in [0.1, 0.15) is 5.75 Å². The third kappa shape index (κ3) is 2.42. The number of phenolic OH excluding ortho intramolecular Hbond substituents is 1. The second-order valence-electron chi connectivity index (χ2n) is 6.38. The Morgan fingerprint density at radius 2 is 1.62 bits per heavy atom. The molecule has 1 aromatic heterocycles. The Hall–Kier alpha value is -2.81. The lowest BCUT2D eigenvalue weighted by Gasteiger charge is -2.08. The monoisotopic (exact) mass is 316 g/mol. The van der Waals surface area contributed by atoms with Crippen molar-refractivity contribution in [2.24, 2.45) is 0 Å². The van der Waals surface area contributed by atoms with Gasteiger partial charge >= 0.3 is 0 Å². The van der Waals surface area contributed by atoms with Crippen LogP contribution in [0.3, 0.4) is 0 Å². The largest absolute Gasteiger partial charge is 0.507 e. The molecule has 0 saturated carbocycles. The molecule has 0 saturated heterocycles. The van der Waals surface area contributed by atoms with Crippen molar-refractivity contribution in [2.75, 3.05) is 0 Å². The summed E-state index contributed by atoms with van der Waals surface area (Å²) >= 11 is 0. The van der Waals surface area contributed by atoms with Gasteiger partial charge in [0.05, 0.1) is 11.2 Å². The second kappa shape index (κ2) is 5.68. The summed E-state index contributed by atoms with van der Waals surface area (Å²) in [4.78, 5) is 0.